The normalized spacial score (nSPS) is 11.8. The number of halogens is 3. The third kappa shape index (κ3) is 9.00. The van der Waals surface area contributed by atoms with Crippen LogP contribution in [-0.4, -0.2) is 54.2 Å². The van der Waals surface area contributed by atoms with Gasteiger partial charge in [0.25, 0.3) is 11.4 Å². The Morgan fingerprint density at radius 3 is 2.37 bits per heavy atom. The van der Waals surface area contributed by atoms with Gasteiger partial charge in [0, 0.05) is 24.9 Å². The molecule has 0 saturated heterocycles. The van der Waals surface area contributed by atoms with Crippen LogP contribution in [0, 0.1) is 0 Å². The Balaban J connectivity index is 0.000000638. The lowest BCUT2D eigenvalue weighted by Crippen LogP contribution is -2.38. The van der Waals surface area contributed by atoms with Gasteiger partial charge < -0.3 is 34.2 Å². The summed E-state index contributed by atoms with van der Waals surface area (Å²) < 4.78 is 61.1. The largest absolute Gasteiger partial charge is 0.542 e. The van der Waals surface area contributed by atoms with Gasteiger partial charge in [-0.25, -0.2) is 9.13 Å². The van der Waals surface area contributed by atoms with Crippen LogP contribution in [0.3, 0.4) is 0 Å². The molecule has 0 aliphatic rings. The maximum Gasteiger partial charge on any atom is 0.430 e. The second kappa shape index (κ2) is 13.6. The molecule has 1 aromatic carbocycles. The van der Waals surface area contributed by atoms with Crippen molar-refractivity contribution in [3.63, 3.8) is 0 Å². The lowest BCUT2D eigenvalue weighted by Gasteiger charge is -2.09. The van der Waals surface area contributed by atoms with Crippen LogP contribution in [0.2, 0.25) is 0 Å². The van der Waals surface area contributed by atoms with Gasteiger partial charge in [0.05, 0.1) is 26.3 Å². The van der Waals surface area contributed by atoms with Crippen molar-refractivity contribution in [2.75, 3.05) is 32.9 Å². The number of ether oxygens (including phenoxy) is 2. The zero-order valence-corrected chi connectivity index (χ0v) is 22.3. The molecule has 3 aromatic rings. The number of nitrogens with zero attached hydrogens (tertiary/aromatic N) is 3. The summed E-state index contributed by atoms with van der Waals surface area (Å²) in [5, 5.41) is 8.78. The molecule has 10 nitrogen and oxygen atoms in total. The zero-order chi connectivity index (χ0) is 28.5. The fraction of sp³-hybridized carbons (Fsp3) is 0.458. The molecular weight excluding hydrogens is 528 g/mol. The van der Waals surface area contributed by atoms with E-state index < -0.39 is 19.3 Å². The number of carbonyl (C=O) groups is 1. The number of fused-ring (bicyclic) bond motifs is 1. The Bertz CT molecular complexity index is 1330. The fourth-order valence-corrected chi connectivity index (χ4v) is 4.04. The number of hydrogen-bond donors (Lipinski definition) is 1. The van der Waals surface area contributed by atoms with E-state index in [1.165, 1.54) is 0 Å². The van der Waals surface area contributed by atoms with Crippen molar-refractivity contribution in [3.8, 4) is 5.75 Å². The molecule has 0 unspecified atom stereocenters. The van der Waals surface area contributed by atoms with Crippen LogP contribution >= 0.6 is 7.14 Å². The van der Waals surface area contributed by atoms with Crippen LogP contribution in [-0.2, 0) is 40.3 Å². The fourth-order valence-electron chi connectivity index (χ4n) is 3.58. The van der Waals surface area contributed by atoms with Crippen molar-refractivity contribution in [1.29, 1.82) is 0 Å². The lowest BCUT2D eigenvalue weighted by atomic mass is 10.3. The molecule has 0 spiro atoms. The Kier molecular flexibility index (Phi) is 11.1. The molecule has 38 heavy (non-hydrogen) atoms. The summed E-state index contributed by atoms with van der Waals surface area (Å²) in [5.41, 5.74) is 8.12. The van der Waals surface area contributed by atoms with Crippen molar-refractivity contribution in [2.45, 2.75) is 39.3 Å². The minimum absolute atomic E-state index is 0.0341. The molecule has 2 heterocycles. The highest BCUT2D eigenvalue weighted by atomic mass is 31.2. The first-order chi connectivity index (χ1) is 17.8. The highest BCUT2D eigenvalue weighted by Gasteiger charge is 2.29. The van der Waals surface area contributed by atoms with E-state index in [1.54, 1.807) is 36.2 Å². The standard InChI is InChI=1S/C22H32N4O4P.C2HF3O2/c1-4-25-19-9-8-18(30-17-31(2,3)28)15-20(19)26(21(25)16-23)12-14-29-13-11-24-10-6-5-7-22(24)27;3-2(4,5)1(6)7/h5-10,15H,4,11-14,16-17,23H2,1-3H3;(H,6,7)/q+1;/p-1. The van der Waals surface area contributed by atoms with Gasteiger partial charge in [0.15, 0.2) is 11.0 Å². The molecule has 2 aromatic heterocycles. The van der Waals surface area contributed by atoms with E-state index in [9.17, 15) is 22.5 Å². The molecule has 0 atom stereocenters. The second-order valence-electron chi connectivity index (χ2n) is 8.64. The number of pyridine rings is 1. The number of imidazole rings is 1. The molecular formula is C24H32F3N4O6P. The smallest absolute Gasteiger partial charge is 0.430 e. The van der Waals surface area contributed by atoms with Crippen LogP contribution in [0.5, 0.6) is 5.75 Å². The van der Waals surface area contributed by atoms with Crippen LogP contribution in [0.25, 0.3) is 11.0 Å². The quantitative estimate of drug-likeness (QED) is 0.214. The maximum atomic E-state index is 12.0. The van der Waals surface area contributed by atoms with Gasteiger partial charge in [0.2, 0.25) is 0 Å². The van der Waals surface area contributed by atoms with Gasteiger partial charge in [0.1, 0.15) is 31.8 Å². The average molecular weight is 561 g/mol. The van der Waals surface area contributed by atoms with Crippen molar-refractivity contribution >= 4 is 24.1 Å². The molecule has 0 radical (unpaired) electrons. The molecule has 0 fully saturated rings. The van der Waals surface area contributed by atoms with E-state index in [0.29, 0.717) is 38.6 Å². The van der Waals surface area contributed by atoms with Gasteiger partial charge >= 0.3 is 6.18 Å². The first-order valence-corrected chi connectivity index (χ1v) is 14.5. The van der Waals surface area contributed by atoms with Crippen LogP contribution in [0.1, 0.15) is 12.7 Å². The Hall–Kier alpha value is -3.15. The van der Waals surface area contributed by atoms with Gasteiger partial charge in [-0.3, -0.25) is 4.79 Å². The highest BCUT2D eigenvalue weighted by molar-refractivity contribution is 7.62. The molecule has 0 bridgehead atoms. The molecule has 0 aliphatic carbocycles. The molecule has 0 saturated carbocycles. The Labute approximate surface area is 217 Å². The molecule has 0 aliphatic heterocycles. The lowest BCUT2D eigenvalue weighted by molar-refractivity contribution is -0.676. The van der Waals surface area contributed by atoms with E-state index in [-0.39, 0.29) is 11.9 Å². The van der Waals surface area contributed by atoms with E-state index >= 15 is 0 Å². The predicted octanol–water partition coefficient (Wildman–Crippen LogP) is 1.54. The number of carboxylic acids is 1. The van der Waals surface area contributed by atoms with E-state index in [1.807, 2.05) is 24.3 Å². The van der Waals surface area contributed by atoms with Gasteiger partial charge in [-0.15, -0.1) is 0 Å². The number of carbonyl (C=O) groups excluding carboxylic acids is 1. The van der Waals surface area contributed by atoms with E-state index in [2.05, 4.69) is 16.1 Å². The number of aliphatic carboxylic acids is 1. The summed E-state index contributed by atoms with van der Waals surface area (Å²) in [4.78, 5) is 20.6. The van der Waals surface area contributed by atoms with Gasteiger partial charge in [-0.2, -0.15) is 13.2 Å². The van der Waals surface area contributed by atoms with E-state index in [4.69, 9.17) is 25.1 Å². The van der Waals surface area contributed by atoms with E-state index in [0.717, 1.165) is 23.4 Å². The topological polar surface area (TPSA) is 132 Å². The molecule has 14 heteroatoms. The number of benzene rings is 1. The SMILES string of the molecule is CC[n+]1c(CN)n(CCOCCn2ccccc2=O)c2cc(OCP(C)(C)=O)ccc21.O=C([O-])C(F)(F)F. The molecule has 210 valence electrons. The third-order valence-corrected chi connectivity index (χ3v) is 6.01. The average Bonchev–Trinajstić information content (AvgIpc) is 3.14. The first kappa shape index (κ1) is 31.1. The van der Waals surface area contributed by atoms with Gasteiger partial charge in [-0.1, -0.05) is 6.07 Å². The van der Waals surface area contributed by atoms with Crippen molar-refractivity contribution in [3.05, 3.63) is 58.8 Å². The summed E-state index contributed by atoms with van der Waals surface area (Å²) in [5.74, 6) is -1.31. The summed E-state index contributed by atoms with van der Waals surface area (Å²) in [6, 6.07) is 11.0. The second-order valence-corrected chi connectivity index (χ2v) is 12.1. The minimum atomic E-state index is -5.19. The minimum Gasteiger partial charge on any atom is -0.542 e. The molecule has 0 amide bonds. The summed E-state index contributed by atoms with van der Waals surface area (Å²) >= 11 is 0. The number of aromatic nitrogens is 3. The summed E-state index contributed by atoms with van der Waals surface area (Å²) in [7, 11) is -2.27. The first-order valence-electron chi connectivity index (χ1n) is 11.7. The number of alkyl halides is 3. The Morgan fingerprint density at radius 2 is 1.82 bits per heavy atom. The number of carboxylic acid groups (broad SMARTS) is 1. The van der Waals surface area contributed by atoms with Crippen LogP contribution < -0.4 is 25.7 Å². The van der Waals surface area contributed by atoms with Crippen LogP contribution in [0.15, 0.2) is 47.4 Å². The predicted molar refractivity (Wildman–Crippen MR) is 133 cm³/mol. The molecule has 2 N–H and O–H groups in total. The van der Waals surface area contributed by atoms with Gasteiger partial charge in [-0.05, 0) is 38.5 Å². The van der Waals surface area contributed by atoms with Crippen molar-refractivity contribution in [2.24, 2.45) is 5.73 Å². The number of hydrogen-bond acceptors (Lipinski definition) is 7. The summed E-state index contributed by atoms with van der Waals surface area (Å²) in [6.07, 6.45) is -3.23. The van der Waals surface area contributed by atoms with Crippen LogP contribution in [0.4, 0.5) is 13.2 Å². The van der Waals surface area contributed by atoms with Crippen molar-refractivity contribution < 1.29 is 41.7 Å². The molecule has 3 rings (SSSR count). The summed E-state index contributed by atoms with van der Waals surface area (Å²) in [6.45, 7) is 8.80. The monoisotopic (exact) mass is 560 g/mol. The number of nitrogens with two attached hydrogens (primary N) is 1. The van der Waals surface area contributed by atoms with Crippen molar-refractivity contribution in [1.82, 2.24) is 9.13 Å². The zero-order valence-electron chi connectivity index (χ0n) is 21.4. The highest BCUT2D eigenvalue weighted by Crippen LogP contribution is 2.36. The maximum absolute atomic E-state index is 12.0. The number of rotatable bonds is 11. The number of aryl methyl sites for hydroxylation is 1. The third-order valence-electron chi connectivity index (χ3n) is 5.26. The Morgan fingerprint density at radius 1 is 1.16 bits per heavy atom.